The van der Waals surface area contributed by atoms with Gasteiger partial charge in [-0.05, 0) is 36.4 Å². The van der Waals surface area contributed by atoms with E-state index in [0.29, 0.717) is 6.42 Å². The first-order valence-electron chi connectivity index (χ1n) is 8.93. The third-order valence-corrected chi connectivity index (χ3v) is 5.38. The van der Waals surface area contributed by atoms with Gasteiger partial charge in [-0.1, -0.05) is 18.2 Å². The van der Waals surface area contributed by atoms with Crippen LogP contribution in [0.15, 0.2) is 36.5 Å². The smallest absolute Gasteiger partial charge is 0.256 e. The topological polar surface area (TPSA) is 17.5 Å². The number of hydrogen-bond donors (Lipinski definition) is 0. The highest BCUT2D eigenvalue weighted by Gasteiger charge is 2.34. The van der Waals surface area contributed by atoms with Crippen molar-refractivity contribution in [2.75, 3.05) is 0 Å². The third kappa shape index (κ3) is 2.37. The highest BCUT2D eigenvalue weighted by Crippen LogP contribution is 2.48. The normalized spacial score (nSPS) is 12.5. The molecule has 0 unspecified atom stereocenters. The molecule has 0 atom stereocenters. The van der Waals surface area contributed by atoms with Gasteiger partial charge >= 0.3 is 0 Å². The molecule has 2 aromatic carbocycles. The zero-order valence-electron chi connectivity index (χ0n) is 16.0. The molecule has 0 radical (unpaired) electrons. The summed E-state index contributed by atoms with van der Waals surface area (Å²) in [5, 5.41) is 2.39. The van der Waals surface area contributed by atoms with Crippen LogP contribution >= 0.6 is 0 Å². The molecule has 130 valence electrons. The number of nitrogens with zero attached hydrogens (tertiary/aromatic N) is 2. The van der Waals surface area contributed by atoms with E-state index < -0.39 is 5.54 Å². The lowest BCUT2D eigenvalue weighted by atomic mass is 9.88. The van der Waals surface area contributed by atoms with Crippen LogP contribution in [0.4, 0.5) is 0 Å². The zero-order chi connectivity index (χ0) is 18.6. The molecule has 4 rings (SSSR count). The van der Waals surface area contributed by atoms with Gasteiger partial charge in [-0.2, -0.15) is 4.57 Å². The summed E-state index contributed by atoms with van der Waals surface area (Å²) in [6, 6.07) is 10.6. The Bertz CT molecular complexity index is 1100. The van der Waals surface area contributed by atoms with E-state index in [0.717, 1.165) is 22.8 Å². The van der Waals surface area contributed by atoms with Crippen LogP contribution in [0.5, 0.6) is 11.5 Å². The SMILES string of the molecule is [C-]#[N+]C(C)(C)Cc1cc[n+](C)c2c1Oc1cccc3cc(C)c(C)c-2c13. The second kappa shape index (κ2) is 5.57. The molecular weight excluding hydrogens is 320 g/mol. The van der Waals surface area contributed by atoms with E-state index in [1.54, 1.807) is 0 Å². The van der Waals surface area contributed by atoms with E-state index in [4.69, 9.17) is 11.3 Å². The molecule has 3 heteroatoms. The summed E-state index contributed by atoms with van der Waals surface area (Å²) in [5.41, 5.74) is 5.55. The average Bonchev–Trinajstić information content (AvgIpc) is 2.61. The number of ether oxygens (including phenoxy) is 1. The molecule has 0 saturated heterocycles. The number of hydrogen-bond acceptors (Lipinski definition) is 1. The summed E-state index contributed by atoms with van der Waals surface area (Å²) in [7, 11) is 2.06. The van der Waals surface area contributed by atoms with E-state index in [2.05, 4.69) is 54.7 Å². The Kier molecular flexibility index (Phi) is 3.56. The molecule has 3 aromatic rings. The first kappa shape index (κ1) is 16.6. The van der Waals surface area contributed by atoms with Crippen molar-refractivity contribution in [3.05, 3.63) is 64.6 Å². The van der Waals surface area contributed by atoms with Gasteiger partial charge in [-0.15, -0.1) is 0 Å². The van der Waals surface area contributed by atoms with Gasteiger partial charge in [0.15, 0.2) is 6.20 Å². The Labute approximate surface area is 154 Å². The largest absolute Gasteiger partial charge is 0.449 e. The molecule has 2 heterocycles. The predicted molar refractivity (Wildman–Crippen MR) is 104 cm³/mol. The number of benzene rings is 2. The standard InChI is InChI=1S/C23H23N2O/c1-14-12-16-8-7-9-18-20(16)19(15(14)2)21-22(26-18)17(10-11-25(21)6)13-23(3,4)24-5/h7-12H,13H2,1-4,6H3/q+1. The van der Waals surface area contributed by atoms with Gasteiger partial charge in [0.25, 0.3) is 5.69 Å². The van der Waals surface area contributed by atoms with Gasteiger partial charge in [0.2, 0.25) is 11.3 Å². The summed E-state index contributed by atoms with van der Waals surface area (Å²) in [4.78, 5) is 3.79. The van der Waals surface area contributed by atoms with Gasteiger partial charge in [-0.3, -0.25) is 0 Å². The Morgan fingerprint density at radius 2 is 1.96 bits per heavy atom. The number of aromatic nitrogens is 1. The molecular formula is C23H23N2O+. The van der Waals surface area contributed by atoms with Crippen molar-refractivity contribution in [1.82, 2.24) is 0 Å². The summed E-state index contributed by atoms with van der Waals surface area (Å²) >= 11 is 0. The molecule has 1 aliphatic rings. The summed E-state index contributed by atoms with van der Waals surface area (Å²) in [6.45, 7) is 15.8. The van der Waals surface area contributed by atoms with Crippen LogP contribution < -0.4 is 9.30 Å². The van der Waals surface area contributed by atoms with Crippen molar-refractivity contribution < 1.29 is 9.30 Å². The van der Waals surface area contributed by atoms with Crippen LogP contribution in [0.2, 0.25) is 0 Å². The van der Waals surface area contributed by atoms with Crippen LogP contribution in [-0.4, -0.2) is 5.54 Å². The molecule has 0 fully saturated rings. The molecule has 0 N–H and O–H groups in total. The van der Waals surface area contributed by atoms with E-state index in [1.807, 2.05) is 26.0 Å². The summed E-state index contributed by atoms with van der Waals surface area (Å²) < 4.78 is 8.56. The molecule has 26 heavy (non-hydrogen) atoms. The Hall–Kier alpha value is -2.86. The van der Waals surface area contributed by atoms with Gasteiger partial charge in [-0.25, -0.2) is 6.57 Å². The molecule has 0 bridgehead atoms. The molecule has 0 amide bonds. The number of aryl methyl sites for hydroxylation is 2. The molecule has 3 nitrogen and oxygen atoms in total. The molecule has 1 aliphatic heterocycles. The van der Waals surface area contributed by atoms with Gasteiger partial charge < -0.3 is 9.58 Å². The summed E-state index contributed by atoms with van der Waals surface area (Å²) in [6.07, 6.45) is 2.74. The third-order valence-electron chi connectivity index (χ3n) is 5.38. The van der Waals surface area contributed by atoms with Crippen molar-refractivity contribution in [1.29, 1.82) is 0 Å². The van der Waals surface area contributed by atoms with Gasteiger partial charge in [0.1, 0.15) is 12.8 Å². The van der Waals surface area contributed by atoms with Crippen molar-refractivity contribution in [2.45, 2.75) is 39.7 Å². The lowest BCUT2D eigenvalue weighted by Gasteiger charge is -2.24. The number of fused-ring (bicyclic) bond motifs is 2. The lowest BCUT2D eigenvalue weighted by Crippen LogP contribution is -2.33. The van der Waals surface area contributed by atoms with Crippen molar-refractivity contribution in [3.63, 3.8) is 0 Å². The van der Waals surface area contributed by atoms with E-state index in [-0.39, 0.29) is 0 Å². The molecule has 0 saturated carbocycles. The predicted octanol–water partition coefficient (Wildman–Crippen LogP) is 5.29. The lowest BCUT2D eigenvalue weighted by molar-refractivity contribution is -0.660. The highest BCUT2D eigenvalue weighted by atomic mass is 16.5. The van der Waals surface area contributed by atoms with E-state index in [1.165, 1.54) is 27.5 Å². The minimum Gasteiger partial charge on any atom is -0.449 e. The fraction of sp³-hybridized carbons (Fsp3) is 0.304. The van der Waals surface area contributed by atoms with Gasteiger partial charge in [0.05, 0.1) is 12.0 Å². The maximum Gasteiger partial charge on any atom is 0.256 e. The minimum atomic E-state index is -0.453. The monoisotopic (exact) mass is 343 g/mol. The van der Waals surface area contributed by atoms with E-state index >= 15 is 0 Å². The van der Waals surface area contributed by atoms with Crippen molar-refractivity contribution >= 4 is 10.8 Å². The number of pyridine rings is 1. The van der Waals surface area contributed by atoms with Crippen LogP contribution in [0, 0.1) is 20.4 Å². The molecule has 0 aliphatic carbocycles. The van der Waals surface area contributed by atoms with Crippen LogP contribution in [-0.2, 0) is 13.5 Å². The van der Waals surface area contributed by atoms with Gasteiger partial charge in [0, 0.05) is 30.9 Å². The highest BCUT2D eigenvalue weighted by molar-refractivity contribution is 6.04. The fourth-order valence-electron chi connectivity index (χ4n) is 3.87. The second-order valence-electron chi connectivity index (χ2n) is 7.88. The number of rotatable bonds is 2. The minimum absolute atomic E-state index is 0.453. The molecule has 1 aromatic heterocycles. The van der Waals surface area contributed by atoms with Crippen LogP contribution in [0.3, 0.4) is 0 Å². The quantitative estimate of drug-likeness (QED) is 0.357. The summed E-state index contributed by atoms with van der Waals surface area (Å²) in [5.74, 6) is 1.79. The average molecular weight is 343 g/mol. The van der Waals surface area contributed by atoms with Crippen molar-refractivity contribution in [2.24, 2.45) is 7.05 Å². The first-order valence-corrected chi connectivity index (χ1v) is 8.93. The first-order chi connectivity index (χ1) is 12.3. The second-order valence-corrected chi connectivity index (χ2v) is 7.88. The molecule has 0 spiro atoms. The maximum atomic E-state index is 7.49. The van der Waals surface area contributed by atoms with Crippen LogP contribution in [0.1, 0.15) is 30.5 Å². The van der Waals surface area contributed by atoms with Crippen LogP contribution in [0.25, 0.3) is 26.9 Å². The Balaban J connectivity index is 2.08. The van der Waals surface area contributed by atoms with E-state index in [9.17, 15) is 0 Å². The maximum absolute atomic E-state index is 7.49. The fourth-order valence-corrected chi connectivity index (χ4v) is 3.87. The van der Waals surface area contributed by atoms with Crippen molar-refractivity contribution in [3.8, 4) is 22.8 Å². The zero-order valence-corrected chi connectivity index (χ0v) is 16.0. The Morgan fingerprint density at radius 3 is 2.69 bits per heavy atom. The Morgan fingerprint density at radius 1 is 1.19 bits per heavy atom.